The van der Waals surface area contributed by atoms with Crippen LogP contribution in [-0.2, 0) is 18.4 Å². The van der Waals surface area contributed by atoms with Crippen molar-refractivity contribution in [2.24, 2.45) is 5.92 Å². The minimum atomic E-state index is -2.10. The van der Waals surface area contributed by atoms with E-state index in [2.05, 4.69) is 81.6 Å². The molecule has 3 atom stereocenters. The van der Waals surface area contributed by atoms with Gasteiger partial charge in [0.25, 0.3) is 0 Å². The number of unbranched alkanes of at least 4 members (excludes halogenated alkanes) is 12. The van der Waals surface area contributed by atoms with Crippen LogP contribution in [-0.4, -0.2) is 40.9 Å². The zero-order valence-electron chi connectivity index (χ0n) is 28.4. The molecule has 0 spiro atoms. The fourth-order valence-corrected chi connectivity index (χ4v) is 7.40. The van der Waals surface area contributed by atoms with Crippen LogP contribution in [0.25, 0.3) is 0 Å². The molecule has 1 saturated heterocycles. The first-order valence-corrected chi connectivity index (χ1v) is 22.2. The van der Waals surface area contributed by atoms with Crippen LogP contribution in [0.2, 0.25) is 36.3 Å². The van der Waals surface area contributed by atoms with Crippen molar-refractivity contribution in [2.75, 3.05) is 6.61 Å². The van der Waals surface area contributed by atoms with E-state index in [1.807, 2.05) is 0 Å². The summed E-state index contributed by atoms with van der Waals surface area (Å²) in [6.45, 7) is 27.4. The van der Waals surface area contributed by atoms with Crippen LogP contribution in [0.4, 0.5) is 0 Å². The van der Waals surface area contributed by atoms with E-state index >= 15 is 0 Å². The van der Waals surface area contributed by atoms with E-state index < -0.39 is 22.2 Å². The van der Waals surface area contributed by atoms with Crippen LogP contribution < -0.4 is 0 Å². The van der Waals surface area contributed by atoms with E-state index in [4.69, 9.17) is 13.6 Å². The fourth-order valence-electron chi connectivity index (χ4n) is 4.97. The highest BCUT2D eigenvalue weighted by Crippen LogP contribution is 2.45. The Labute approximate surface area is 246 Å². The average molecular weight is 585 g/mol. The van der Waals surface area contributed by atoms with Crippen LogP contribution in [0.3, 0.4) is 0 Å². The molecule has 0 amide bonds. The Kier molecular flexibility index (Phi) is 15.0. The van der Waals surface area contributed by atoms with E-state index in [-0.39, 0.29) is 28.1 Å². The molecular weight excluding hydrogens is 517 g/mol. The number of hydrogen-bond donors (Lipinski definition) is 0. The Bertz CT molecular complexity index is 707. The van der Waals surface area contributed by atoms with E-state index in [1.54, 1.807) is 0 Å². The SMILES string of the molecule is CCCCCCCCCCCCCCC[C@]1(C)OC(=O)[C@@H](CO[Si](C)(C)C(C)(C)C)[C@@H]1O[Si](C)(C)C(C)(C)C. The molecule has 0 aromatic rings. The Morgan fingerprint density at radius 2 is 1.13 bits per heavy atom. The van der Waals surface area contributed by atoms with E-state index in [0.717, 1.165) is 12.8 Å². The quantitative estimate of drug-likeness (QED) is 0.0860. The molecule has 1 rings (SSSR count). The van der Waals surface area contributed by atoms with E-state index in [0.29, 0.717) is 6.61 Å². The first kappa shape index (κ1) is 36.8. The highest BCUT2D eigenvalue weighted by Gasteiger charge is 2.56. The lowest BCUT2D eigenvalue weighted by molar-refractivity contribution is -0.151. The normalized spacial score (nSPS) is 22.9. The van der Waals surface area contributed by atoms with Crippen molar-refractivity contribution >= 4 is 22.6 Å². The van der Waals surface area contributed by atoms with Gasteiger partial charge in [-0.05, 0) is 56.0 Å². The second kappa shape index (κ2) is 15.9. The molecule has 232 valence electrons. The molecule has 4 nitrogen and oxygen atoms in total. The number of esters is 1. The Hall–Kier alpha value is -0.176. The summed E-state index contributed by atoms with van der Waals surface area (Å²) in [5, 5.41) is 0.170. The highest BCUT2D eigenvalue weighted by molar-refractivity contribution is 6.74. The van der Waals surface area contributed by atoms with Gasteiger partial charge in [0.05, 0.1) is 0 Å². The standard InChI is InChI=1S/C33H68O4Si2/c1-13-14-15-16-17-18-19-20-21-22-23-24-25-26-33(8)29(37-39(11,12)32(5,6)7)28(30(34)36-33)27-35-38(9,10)31(2,3)4/h28-29H,13-27H2,1-12H3/t28-,29-,33-/m0/s1. The number of carbonyl (C=O) groups is 1. The molecule has 0 bridgehead atoms. The molecule has 1 aliphatic heterocycles. The van der Waals surface area contributed by atoms with Crippen molar-refractivity contribution in [3.8, 4) is 0 Å². The summed E-state index contributed by atoms with van der Waals surface area (Å²) in [6, 6.07) is 0. The molecule has 0 unspecified atom stereocenters. The Morgan fingerprint density at radius 1 is 0.718 bits per heavy atom. The predicted molar refractivity (Wildman–Crippen MR) is 174 cm³/mol. The maximum absolute atomic E-state index is 13.3. The summed E-state index contributed by atoms with van der Waals surface area (Å²) in [5.41, 5.74) is -0.578. The Balaban J connectivity index is 2.66. The number of carbonyl (C=O) groups excluding carboxylic acids is 1. The van der Waals surface area contributed by atoms with Gasteiger partial charge in [-0.2, -0.15) is 0 Å². The minimum Gasteiger partial charge on any atom is -0.456 e. The van der Waals surface area contributed by atoms with Gasteiger partial charge in [-0.1, -0.05) is 126 Å². The monoisotopic (exact) mass is 584 g/mol. The van der Waals surface area contributed by atoms with Gasteiger partial charge in [0.15, 0.2) is 16.6 Å². The first-order valence-electron chi connectivity index (χ1n) is 16.4. The van der Waals surface area contributed by atoms with Crippen molar-refractivity contribution in [2.45, 2.75) is 193 Å². The van der Waals surface area contributed by atoms with Gasteiger partial charge in [0, 0.05) is 6.61 Å². The van der Waals surface area contributed by atoms with Gasteiger partial charge >= 0.3 is 5.97 Å². The van der Waals surface area contributed by atoms with Crippen LogP contribution in [0.15, 0.2) is 0 Å². The van der Waals surface area contributed by atoms with Crippen molar-refractivity contribution < 1.29 is 18.4 Å². The summed E-state index contributed by atoms with van der Waals surface area (Å²) >= 11 is 0. The molecule has 6 heteroatoms. The molecular formula is C33H68O4Si2. The molecule has 0 aromatic carbocycles. The molecule has 1 aliphatic rings. The van der Waals surface area contributed by atoms with Crippen molar-refractivity contribution in [1.82, 2.24) is 0 Å². The number of ether oxygens (including phenoxy) is 1. The summed E-state index contributed by atoms with van der Waals surface area (Å²) in [5.74, 6) is -0.477. The topological polar surface area (TPSA) is 44.8 Å². The van der Waals surface area contributed by atoms with Crippen molar-refractivity contribution in [3.63, 3.8) is 0 Å². The van der Waals surface area contributed by atoms with Crippen LogP contribution >= 0.6 is 0 Å². The molecule has 0 aliphatic carbocycles. The van der Waals surface area contributed by atoms with Gasteiger partial charge in [0.2, 0.25) is 0 Å². The van der Waals surface area contributed by atoms with Crippen molar-refractivity contribution in [1.29, 1.82) is 0 Å². The van der Waals surface area contributed by atoms with E-state index in [9.17, 15) is 4.79 Å². The number of cyclic esters (lactones) is 1. The fraction of sp³-hybridized carbons (Fsp3) is 0.970. The van der Waals surface area contributed by atoms with Gasteiger partial charge in [-0.15, -0.1) is 0 Å². The molecule has 0 aromatic heterocycles. The largest absolute Gasteiger partial charge is 0.456 e. The predicted octanol–water partition coefficient (Wildman–Crippen LogP) is 10.8. The second-order valence-electron chi connectivity index (χ2n) is 15.7. The maximum Gasteiger partial charge on any atom is 0.314 e. The summed E-state index contributed by atoms with van der Waals surface area (Å²) in [7, 11) is -4.09. The van der Waals surface area contributed by atoms with Crippen molar-refractivity contribution in [3.05, 3.63) is 0 Å². The zero-order valence-corrected chi connectivity index (χ0v) is 30.4. The second-order valence-corrected chi connectivity index (χ2v) is 25.3. The third-order valence-electron chi connectivity index (χ3n) is 10.0. The van der Waals surface area contributed by atoms with Gasteiger partial charge < -0.3 is 13.6 Å². The number of hydrogen-bond acceptors (Lipinski definition) is 4. The minimum absolute atomic E-state index is 0.0693. The Morgan fingerprint density at radius 3 is 1.54 bits per heavy atom. The summed E-state index contributed by atoms with van der Waals surface area (Å²) < 4.78 is 19.8. The van der Waals surface area contributed by atoms with Crippen LogP contribution in [0.5, 0.6) is 0 Å². The summed E-state index contributed by atoms with van der Waals surface area (Å²) in [4.78, 5) is 13.3. The van der Waals surface area contributed by atoms with Crippen LogP contribution in [0, 0.1) is 5.92 Å². The highest BCUT2D eigenvalue weighted by atomic mass is 28.4. The first-order chi connectivity index (χ1) is 17.9. The lowest BCUT2D eigenvalue weighted by Gasteiger charge is -2.43. The zero-order chi connectivity index (χ0) is 30.0. The van der Waals surface area contributed by atoms with Gasteiger partial charge in [-0.3, -0.25) is 4.79 Å². The maximum atomic E-state index is 13.3. The van der Waals surface area contributed by atoms with E-state index in [1.165, 1.54) is 77.0 Å². The summed E-state index contributed by atoms with van der Waals surface area (Å²) in [6.07, 6.45) is 18.0. The smallest absolute Gasteiger partial charge is 0.314 e. The molecule has 0 N–H and O–H groups in total. The lowest BCUT2D eigenvalue weighted by Crippen LogP contribution is -2.52. The van der Waals surface area contributed by atoms with Gasteiger partial charge in [0.1, 0.15) is 17.6 Å². The van der Waals surface area contributed by atoms with Crippen LogP contribution in [0.1, 0.15) is 145 Å². The molecule has 0 saturated carbocycles. The molecule has 1 fully saturated rings. The molecule has 1 heterocycles. The number of rotatable bonds is 19. The third-order valence-corrected chi connectivity index (χ3v) is 19.0. The van der Waals surface area contributed by atoms with Gasteiger partial charge in [-0.25, -0.2) is 0 Å². The molecule has 39 heavy (non-hydrogen) atoms. The average Bonchev–Trinajstić information content (AvgIpc) is 3.02. The molecule has 0 radical (unpaired) electrons. The third kappa shape index (κ3) is 11.9. The lowest BCUT2D eigenvalue weighted by atomic mass is 9.87.